The van der Waals surface area contributed by atoms with Crippen LogP contribution < -0.4 is 0 Å². The number of para-hydroxylation sites is 1. The van der Waals surface area contributed by atoms with E-state index in [1.54, 1.807) is 0 Å². The normalized spacial score (nSPS) is 15.0. The molecule has 9 aromatic rings. The Morgan fingerprint density at radius 3 is 2.21 bits per heavy atom. The van der Waals surface area contributed by atoms with Crippen molar-refractivity contribution in [2.75, 3.05) is 0 Å². The summed E-state index contributed by atoms with van der Waals surface area (Å²) >= 11 is 0. The van der Waals surface area contributed by atoms with E-state index >= 15 is 0 Å². The molecule has 1 atom stereocenters. The van der Waals surface area contributed by atoms with Gasteiger partial charge in [0.25, 0.3) is 0 Å². The Hall–Kier alpha value is -6.26. The minimum atomic E-state index is -0.0275. The molecule has 1 aliphatic heterocycles. The molecule has 0 N–H and O–H groups in total. The third-order valence-corrected chi connectivity index (χ3v) is 9.74. The monoisotopic (exact) mass is 615 g/mol. The molecule has 3 heterocycles. The molecule has 226 valence electrons. The Morgan fingerprint density at radius 1 is 0.562 bits per heavy atom. The molecule has 0 bridgehead atoms. The van der Waals surface area contributed by atoms with Crippen LogP contribution in [0.4, 0.5) is 0 Å². The first-order valence-electron chi connectivity index (χ1n) is 16.4. The van der Waals surface area contributed by atoms with Gasteiger partial charge < -0.3 is 8.98 Å². The fourth-order valence-electron chi connectivity index (χ4n) is 7.55. The van der Waals surface area contributed by atoms with Crippen molar-refractivity contribution < 1.29 is 4.42 Å². The SMILES string of the molecule is c1ccc(C2=NC(c3cccc4oc5cc(-n6c7ccccc7c7c8ccccc8ccc76)ccc5c34)=NC(c3ccccc3)C2)cc1. The molecule has 4 heteroatoms. The summed E-state index contributed by atoms with van der Waals surface area (Å²) < 4.78 is 8.98. The number of rotatable bonds is 4. The van der Waals surface area contributed by atoms with E-state index in [2.05, 4.69) is 144 Å². The second kappa shape index (κ2) is 10.6. The molecule has 0 radical (unpaired) electrons. The molecule has 0 fully saturated rings. The van der Waals surface area contributed by atoms with Gasteiger partial charge >= 0.3 is 0 Å². The third-order valence-electron chi connectivity index (χ3n) is 9.74. The highest BCUT2D eigenvalue weighted by atomic mass is 16.3. The fraction of sp³-hybridized carbons (Fsp3) is 0.0455. The molecule has 7 aromatic carbocycles. The van der Waals surface area contributed by atoms with Crippen LogP contribution in [0.1, 0.15) is 29.2 Å². The zero-order valence-corrected chi connectivity index (χ0v) is 26.0. The van der Waals surface area contributed by atoms with E-state index in [-0.39, 0.29) is 6.04 Å². The van der Waals surface area contributed by atoms with Crippen LogP contribution in [0.2, 0.25) is 0 Å². The predicted octanol–water partition coefficient (Wildman–Crippen LogP) is 11.2. The van der Waals surface area contributed by atoms with Gasteiger partial charge in [-0.1, -0.05) is 121 Å². The molecule has 0 spiro atoms. The van der Waals surface area contributed by atoms with Gasteiger partial charge in [0.1, 0.15) is 11.2 Å². The Kier molecular flexibility index (Phi) is 5.97. The lowest BCUT2D eigenvalue weighted by Crippen LogP contribution is -2.17. The van der Waals surface area contributed by atoms with E-state index in [4.69, 9.17) is 14.4 Å². The molecule has 0 saturated carbocycles. The number of amidine groups is 1. The summed E-state index contributed by atoms with van der Waals surface area (Å²) in [6.45, 7) is 0. The number of aliphatic imine (C=N–C) groups is 2. The minimum Gasteiger partial charge on any atom is -0.456 e. The third kappa shape index (κ3) is 4.16. The standard InChI is InChI=1S/C44H29N3O/c1-3-13-29(14-4-1)36-27-37(30-15-5-2-6-16-30)46-44(45-36)35-19-11-21-40-43(35)34-24-23-31(26-41(34)48-40)47-38-20-10-9-18-33(38)42-32-17-8-7-12-28(32)22-25-39(42)47/h1-26,36H,27H2. The highest BCUT2D eigenvalue weighted by Gasteiger charge is 2.24. The topological polar surface area (TPSA) is 42.8 Å². The number of fused-ring (bicyclic) bond motifs is 8. The molecule has 1 aliphatic rings. The van der Waals surface area contributed by atoms with Gasteiger partial charge in [0.05, 0.1) is 22.8 Å². The lowest BCUT2D eigenvalue weighted by atomic mass is 9.95. The zero-order valence-electron chi connectivity index (χ0n) is 26.0. The van der Waals surface area contributed by atoms with Gasteiger partial charge in [0, 0.05) is 45.3 Å². The lowest BCUT2D eigenvalue weighted by Gasteiger charge is -2.21. The Bertz CT molecular complexity index is 2750. The summed E-state index contributed by atoms with van der Waals surface area (Å²) in [5.74, 6) is 0.737. The number of aromatic nitrogens is 1. The van der Waals surface area contributed by atoms with Crippen molar-refractivity contribution in [2.45, 2.75) is 12.5 Å². The van der Waals surface area contributed by atoms with Crippen molar-refractivity contribution in [1.82, 2.24) is 4.57 Å². The van der Waals surface area contributed by atoms with Gasteiger partial charge in [0.15, 0.2) is 5.84 Å². The predicted molar refractivity (Wildman–Crippen MR) is 199 cm³/mol. The number of nitrogens with zero attached hydrogens (tertiary/aromatic N) is 3. The van der Waals surface area contributed by atoms with Crippen LogP contribution in [-0.4, -0.2) is 16.1 Å². The van der Waals surface area contributed by atoms with Gasteiger partial charge in [-0.2, -0.15) is 0 Å². The lowest BCUT2D eigenvalue weighted by molar-refractivity contribution is 0.668. The molecule has 0 aliphatic carbocycles. The second-order valence-corrected chi connectivity index (χ2v) is 12.5. The number of hydrogen-bond donors (Lipinski definition) is 0. The molecule has 0 saturated heterocycles. The first kappa shape index (κ1) is 26.9. The summed E-state index contributed by atoms with van der Waals surface area (Å²) in [7, 11) is 0. The van der Waals surface area contributed by atoms with Crippen molar-refractivity contribution in [2.24, 2.45) is 9.98 Å². The van der Waals surface area contributed by atoms with Gasteiger partial charge in [-0.25, -0.2) is 4.99 Å². The quantitative estimate of drug-likeness (QED) is 0.194. The maximum absolute atomic E-state index is 6.62. The smallest absolute Gasteiger partial charge is 0.156 e. The summed E-state index contributed by atoms with van der Waals surface area (Å²) in [6.07, 6.45) is 0.747. The number of benzene rings is 7. The Morgan fingerprint density at radius 2 is 1.33 bits per heavy atom. The molecule has 1 unspecified atom stereocenters. The van der Waals surface area contributed by atoms with Crippen molar-refractivity contribution in [3.05, 3.63) is 174 Å². The van der Waals surface area contributed by atoms with Crippen molar-refractivity contribution in [1.29, 1.82) is 0 Å². The van der Waals surface area contributed by atoms with Gasteiger partial charge in [-0.05, 0) is 52.2 Å². The van der Waals surface area contributed by atoms with E-state index in [0.29, 0.717) is 0 Å². The maximum atomic E-state index is 6.62. The van der Waals surface area contributed by atoms with Crippen molar-refractivity contribution in [3.63, 3.8) is 0 Å². The highest BCUT2D eigenvalue weighted by Crippen LogP contribution is 2.39. The van der Waals surface area contributed by atoms with E-state index in [1.807, 2.05) is 18.2 Å². The molecular weight excluding hydrogens is 587 g/mol. The summed E-state index contributed by atoms with van der Waals surface area (Å²) in [4.78, 5) is 10.5. The van der Waals surface area contributed by atoms with Crippen molar-refractivity contribution >= 4 is 66.1 Å². The van der Waals surface area contributed by atoms with E-state index in [1.165, 1.54) is 38.1 Å². The first-order valence-corrected chi connectivity index (χ1v) is 16.4. The van der Waals surface area contributed by atoms with Crippen LogP contribution in [0.3, 0.4) is 0 Å². The van der Waals surface area contributed by atoms with Gasteiger partial charge in [0.2, 0.25) is 0 Å². The summed E-state index contributed by atoms with van der Waals surface area (Å²) in [5, 5.41) is 7.11. The first-order chi connectivity index (χ1) is 23.8. The van der Waals surface area contributed by atoms with Crippen LogP contribution in [0, 0.1) is 0 Å². The molecular formula is C44H29N3O. The Balaban J connectivity index is 1.17. The van der Waals surface area contributed by atoms with Gasteiger partial charge in [-0.3, -0.25) is 4.99 Å². The van der Waals surface area contributed by atoms with Crippen LogP contribution in [-0.2, 0) is 0 Å². The number of hydrogen-bond acceptors (Lipinski definition) is 3. The average Bonchev–Trinajstić information content (AvgIpc) is 3.71. The summed E-state index contributed by atoms with van der Waals surface area (Å²) in [6, 6.07) is 55.5. The van der Waals surface area contributed by atoms with Crippen LogP contribution >= 0.6 is 0 Å². The minimum absolute atomic E-state index is 0.0275. The highest BCUT2D eigenvalue weighted by molar-refractivity contribution is 6.23. The van der Waals surface area contributed by atoms with E-state index < -0.39 is 0 Å². The molecule has 10 rings (SSSR count). The maximum Gasteiger partial charge on any atom is 0.156 e. The van der Waals surface area contributed by atoms with Crippen molar-refractivity contribution in [3.8, 4) is 5.69 Å². The number of furan rings is 1. The molecule has 48 heavy (non-hydrogen) atoms. The van der Waals surface area contributed by atoms with Crippen LogP contribution in [0.5, 0.6) is 0 Å². The largest absolute Gasteiger partial charge is 0.456 e. The second-order valence-electron chi connectivity index (χ2n) is 12.5. The fourth-order valence-corrected chi connectivity index (χ4v) is 7.55. The summed E-state index contributed by atoms with van der Waals surface area (Å²) in [5.41, 5.74) is 9.41. The van der Waals surface area contributed by atoms with Gasteiger partial charge in [-0.15, -0.1) is 0 Å². The Labute approximate surface area is 276 Å². The zero-order chi connectivity index (χ0) is 31.6. The average molecular weight is 616 g/mol. The van der Waals surface area contributed by atoms with E-state index in [9.17, 15) is 0 Å². The molecule has 0 amide bonds. The molecule has 2 aromatic heterocycles. The van der Waals surface area contributed by atoms with Crippen LogP contribution in [0.25, 0.3) is 60.2 Å². The van der Waals surface area contributed by atoms with Crippen LogP contribution in [0.15, 0.2) is 172 Å². The molecule has 4 nitrogen and oxygen atoms in total. The van der Waals surface area contributed by atoms with E-state index in [0.717, 1.165) is 56.7 Å².